The van der Waals surface area contributed by atoms with E-state index < -0.39 is 0 Å². The van der Waals surface area contributed by atoms with Crippen LogP contribution >= 0.6 is 0 Å². The Kier molecular flexibility index (Phi) is 6.37. The highest BCUT2D eigenvalue weighted by Gasteiger charge is 2.07. The SMILES string of the molecule is CCC(C)c1ccc(CCN(C)C(C)CN)cc1. The summed E-state index contributed by atoms with van der Waals surface area (Å²) in [5, 5.41) is 0. The molecule has 0 saturated heterocycles. The molecule has 18 heavy (non-hydrogen) atoms. The van der Waals surface area contributed by atoms with Crippen molar-refractivity contribution in [2.75, 3.05) is 20.1 Å². The average molecular weight is 248 g/mol. The van der Waals surface area contributed by atoms with E-state index in [4.69, 9.17) is 5.73 Å². The molecule has 1 rings (SSSR count). The maximum absolute atomic E-state index is 5.67. The van der Waals surface area contributed by atoms with E-state index in [2.05, 4.69) is 57.0 Å². The first kappa shape index (κ1) is 15.2. The molecule has 102 valence electrons. The van der Waals surface area contributed by atoms with E-state index in [1.54, 1.807) is 0 Å². The summed E-state index contributed by atoms with van der Waals surface area (Å²) in [7, 11) is 2.14. The fourth-order valence-corrected chi connectivity index (χ4v) is 1.95. The van der Waals surface area contributed by atoms with Crippen LogP contribution in [-0.2, 0) is 6.42 Å². The van der Waals surface area contributed by atoms with Crippen molar-refractivity contribution in [2.45, 2.75) is 45.6 Å². The Morgan fingerprint density at radius 3 is 2.28 bits per heavy atom. The van der Waals surface area contributed by atoms with Gasteiger partial charge in [0.05, 0.1) is 0 Å². The highest BCUT2D eigenvalue weighted by atomic mass is 15.1. The lowest BCUT2D eigenvalue weighted by molar-refractivity contribution is 0.266. The second kappa shape index (κ2) is 7.55. The lowest BCUT2D eigenvalue weighted by atomic mass is 9.97. The number of likely N-dealkylation sites (N-methyl/N-ethyl adjacent to an activating group) is 1. The van der Waals surface area contributed by atoms with Crippen LogP contribution in [0.1, 0.15) is 44.2 Å². The van der Waals surface area contributed by atoms with Gasteiger partial charge in [0, 0.05) is 19.1 Å². The largest absolute Gasteiger partial charge is 0.329 e. The molecule has 2 heteroatoms. The van der Waals surface area contributed by atoms with Crippen molar-refractivity contribution >= 4 is 0 Å². The molecular formula is C16H28N2. The van der Waals surface area contributed by atoms with Crippen molar-refractivity contribution < 1.29 is 0 Å². The predicted octanol–water partition coefficient (Wildman–Crippen LogP) is 3.02. The minimum Gasteiger partial charge on any atom is -0.329 e. The Labute approximate surface area is 112 Å². The van der Waals surface area contributed by atoms with Gasteiger partial charge in [0.1, 0.15) is 0 Å². The van der Waals surface area contributed by atoms with Crippen LogP contribution in [0.25, 0.3) is 0 Å². The van der Waals surface area contributed by atoms with E-state index in [1.165, 1.54) is 17.5 Å². The maximum Gasteiger partial charge on any atom is 0.0187 e. The summed E-state index contributed by atoms with van der Waals surface area (Å²) >= 11 is 0. The van der Waals surface area contributed by atoms with Crippen molar-refractivity contribution in [1.82, 2.24) is 4.90 Å². The molecule has 1 aromatic rings. The first-order valence-electron chi connectivity index (χ1n) is 7.07. The number of benzene rings is 1. The van der Waals surface area contributed by atoms with Gasteiger partial charge in [0.25, 0.3) is 0 Å². The molecule has 0 aromatic heterocycles. The molecule has 0 heterocycles. The first-order chi connectivity index (χ1) is 8.58. The Morgan fingerprint density at radius 1 is 1.17 bits per heavy atom. The van der Waals surface area contributed by atoms with Crippen LogP contribution in [0.2, 0.25) is 0 Å². The molecule has 2 N–H and O–H groups in total. The third-order valence-electron chi connectivity index (χ3n) is 4.01. The third kappa shape index (κ3) is 4.43. The molecule has 0 amide bonds. The zero-order chi connectivity index (χ0) is 13.5. The van der Waals surface area contributed by atoms with Gasteiger partial charge in [-0.05, 0) is 43.9 Å². The summed E-state index contributed by atoms with van der Waals surface area (Å²) in [6.07, 6.45) is 2.30. The number of nitrogens with two attached hydrogens (primary N) is 1. The first-order valence-corrected chi connectivity index (χ1v) is 7.07. The summed E-state index contributed by atoms with van der Waals surface area (Å²) in [4.78, 5) is 2.32. The zero-order valence-electron chi connectivity index (χ0n) is 12.3. The number of hydrogen-bond acceptors (Lipinski definition) is 2. The van der Waals surface area contributed by atoms with Crippen LogP contribution in [0.15, 0.2) is 24.3 Å². The lowest BCUT2D eigenvalue weighted by Gasteiger charge is -2.23. The summed E-state index contributed by atoms with van der Waals surface area (Å²) in [6, 6.07) is 9.54. The van der Waals surface area contributed by atoms with Crippen LogP contribution in [0.5, 0.6) is 0 Å². The molecule has 1 aromatic carbocycles. The van der Waals surface area contributed by atoms with Crippen molar-refractivity contribution in [1.29, 1.82) is 0 Å². The van der Waals surface area contributed by atoms with Gasteiger partial charge in [-0.2, -0.15) is 0 Å². The zero-order valence-corrected chi connectivity index (χ0v) is 12.3. The molecule has 0 radical (unpaired) electrons. The van der Waals surface area contributed by atoms with E-state index in [1.807, 2.05) is 0 Å². The summed E-state index contributed by atoms with van der Waals surface area (Å²) in [6.45, 7) is 8.49. The maximum atomic E-state index is 5.67. The average Bonchev–Trinajstić information content (AvgIpc) is 2.43. The Morgan fingerprint density at radius 2 is 1.78 bits per heavy atom. The highest BCUT2D eigenvalue weighted by Crippen LogP contribution is 2.19. The molecule has 0 aliphatic heterocycles. The van der Waals surface area contributed by atoms with Crippen LogP contribution in [0.3, 0.4) is 0 Å². The Balaban J connectivity index is 2.49. The standard InChI is InChI=1S/C16H28N2/c1-5-13(2)16-8-6-15(7-9-16)10-11-18(4)14(3)12-17/h6-9,13-14H,5,10-12,17H2,1-4H3. The van der Waals surface area contributed by atoms with E-state index in [-0.39, 0.29) is 0 Å². The van der Waals surface area contributed by atoms with Gasteiger partial charge in [-0.1, -0.05) is 38.1 Å². The summed E-state index contributed by atoms with van der Waals surface area (Å²) < 4.78 is 0. The van der Waals surface area contributed by atoms with Gasteiger partial charge in [-0.15, -0.1) is 0 Å². The molecule has 0 bridgehead atoms. The van der Waals surface area contributed by atoms with Crippen molar-refractivity contribution in [3.63, 3.8) is 0 Å². The second-order valence-electron chi connectivity index (χ2n) is 5.37. The Hall–Kier alpha value is -0.860. The van der Waals surface area contributed by atoms with E-state index in [0.29, 0.717) is 12.0 Å². The van der Waals surface area contributed by atoms with Crippen molar-refractivity contribution in [3.05, 3.63) is 35.4 Å². The number of rotatable bonds is 7. The van der Waals surface area contributed by atoms with Crippen LogP contribution in [-0.4, -0.2) is 31.1 Å². The Bertz CT molecular complexity index is 331. The molecule has 2 nitrogen and oxygen atoms in total. The minimum atomic E-state index is 0.462. The second-order valence-corrected chi connectivity index (χ2v) is 5.37. The van der Waals surface area contributed by atoms with E-state index in [0.717, 1.165) is 19.5 Å². The smallest absolute Gasteiger partial charge is 0.0187 e. The van der Waals surface area contributed by atoms with Gasteiger partial charge in [-0.25, -0.2) is 0 Å². The van der Waals surface area contributed by atoms with Crippen LogP contribution in [0, 0.1) is 0 Å². The monoisotopic (exact) mass is 248 g/mol. The van der Waals surface area contributed by atoms with Gasteiger partial charge < -0.3 is 10.6 Å². The van der Waals surface area contributed by atoms with Gasteiger partial charge in [0.2, 0.25) is 0 Å². The van der Waals surface area contributed by atoms with E-state index in [9.17, 15) is 0 Å². The van der Waals surface area contributed by atoms with Crippen molar-refractivity contribution in [3.8, 4) is 0 Å². The predicted molar refractivity (Wildman–Crippen MR) is 80.0 cm³/mol. The lowest BCUT2D eigenvalue weighted by Crippen LogP contribution is -2.36. The third-order valence-corrected chi connectivity index (χ3v) is 4.01. The topological polar surface area (TPSA) is 29.3 Å². The molecule has 0 saturated carbocycles. The molecule has 0 aliphatic rings. The highest BCUT2D eigenvalue weighted by molar-refractivity contribution is 5.25. The normalized spacial score (nSPS) is 14.8. The molecule has 2 unspecified atom stereocenters. The fourth-order valence-electron chi connectivity index (χ4n) is 1.95. The van der Waals surface area contributed by atoms with Gasteiger partial charge in [0.15, 0.2) is 0 Å². The summed E-state index contributed by atoms with van der Waals surface area (Å²) in [5.41, 5.74) is 8.53. The molecule has 2 atom stereocenters. The van der Waals surface area contributed by atoms with Crippen molar-refractivity contribution in [2.24, 2.45) is 5.73 Å². The van der Waals surface area contributed by atoms with Crippen LogP contribution < -0.4 is 5.73 Å². The summed E-state index contributed by atoms with van der Waals surface area (Å²) in [5.74, 6) is 0.666. The van der Waals surface area contributed by atoms with E-state index >= 15 is 0 Å². The quantitative estimate of drug-likeness (QED) is 0.803. The van der Waals surface area contributed by atoms with Gasteiger partial charge >= 0.3 is 0 Å². The fraction of sp³-hybridized carbons (Fsp3) is 0.625. The molecule has 0 spiro atoms. The minimum absolute atomic E-state index is 0.462. The molecule has 0 aliphatic carbocycles. The van der Waals surface area contributed by atoms with Crippen LogP contribution in [0.4, 0.5) is 0 Å². The van der Waals surface area contributed by atoms with Gasteiger partial charge in [-0.3, -0.25) is 0 Å². The molecular weight excluding hydrogens is 220 g/mol. The number of hydrogen-bond donors (Lipinski definition) is 1. The number of nitrogens with zero attached hydrogens (tertiary/aromatic N) is 1. The molecule has 0 fully saturated rings.